The molecule has 8 nitrogen and oxygen atoms in total. The average Bonchev–Trinajstić information content (AvgIpc) is 2.74. The van der Waals surface area contributed by atoms with Crippen LogP contribution in [-0.4, -0.2) is 47.0 Å². The molecule has 2 rings (SSSR count). The van der Waals surface area contributed by atoms with E-state index in [1.54, 1.807) is 0 Å². The maximum absolute atomic E-state index is 11.2. The Hall–Kier alpha value is -2.90. The van der Waals surface area contributed by atoms with E-state index in [9.17, 15) is 4.79 Å². The van der Waals surface area contributed by atoms with E-state index in [4.69, 9.17) is 15.0 Å². The molecule has 170 valence electrons. The molecule has 0 unspecified atom stereocenters. The highest BCUT2D eigenvalue weighted by atomic mass is 16.1. The Balaban J connectivity index is 2.38. The van der Waals surface area contributed by atoms with Crippen LogP contribution in [0.3, 0.4) is 0 Å². The van der Waals surface area contributed by atoms with Crippen LogP contribution >= 0.6 is 0 Å². The normalized spacial score (nSPS) is 10.6. The molecule has 2 aromatic rings. The molecule has 1 amide bonds. The van der Waals surface area contributed by atoms with Crippen LogP contribution in [0.25, 0.3) is 0 Å². The van der Waals surface area contributed by atoms with E-state index in [0.717, 1.165) is 63.2 Å². The van der Waals surface area contributed by atoms with Crippen molar-refractivity contribution >= 4 is 35.1 Å². The van der Waals surface area contributed by atoms with Gasteiger partial charge in [0, 0.05) is 44.5 Å². The molecule has 0 spiro atoms. The summed E-state index contributed by atoms with van der Waals surface area (Å²) in [4.78, 5) is 30.0. The van der Waals surface area contributed by atoms with Gasteiger partial charge in [-0.25, -0.2) is 0 Å². The van der Waals surface area contributed by atoms with Gasteiger partial charge in [0.25, 0.3) is 0 Å². The fourth-order valence-electron chi connectivity index (χ4n) is 3.37. The molecule has 31 heavy (non-hydrogen) atoms. The maximum atomic E-state index is 11.2. The first kappa shape index (κ1) is 24.4. The molecule has 1 aromatic carbocycles. The van der Waals surface area contributed by atoms with E-state index < -0.39 is 0 Å². The molecule has 1 heterocycles. The van der Waals surface area contributed by atoms with Gasteiger partial charge in [0.1, 0.15) is 0 Å². The second kappa shape index (κ2) is 12.7. The summed E-state index contributed by atoms with van der Waals surface area (Å²) in [7, 11) is 0. The van der Waals surface area contributed by atoms with Gasteiger partial charge < -0.3 is 20.4 Å². The Kier molecular flexibility index (Phi) is 10.00. The van der Waals surface area contributed by atoms with Crippen LogP contribution < -0.4 is 20.4 Å². The summed E-state index contributed by atoms with van der Waals surface area (Å²) < 4.78 is 0. The number of nitrogens with one attached hydrogen (secondary N) is 2. The molecule has 0 aliphatic heterocycles. The number of nitrogens with zero attached hydrogens (tertiary/aromatic N) is 5. The Morgan fingerprint density at radius 1 is 0.742 bits per heavy atom. The van der Waals surface area contributed by atoms with Crippen LogP contribution in [0.5, 0.6) is 0 Å². The molecule has 2 N–H and O–H groups in total. The van der Waals surface area contributed by atoms with Crippen molar-refractivity contribution in [2.45, 2.75) is 60.3 Å². The van der Waals surface area contributed by atoms with Crippen molar-refractivity contribution in [3.63, 3.8) is 0 Å². The van der Waals surface area contributed by atoms with Crippen LogP contribution in [-0.2, 0) is 4.79 Å². The van der Waals surface area contributed by atoms with Crippen molar-refractivity contribution in [2.75, 3.05) is 46.6 Å². The first-order valence-corrected chi connectivity index (χ1v) is 11.4. The summed E-state index contributed by atoms with van der Waals surface area (Å²) in [5.41, 5.74) is 1.61. The predicted molar refractivity (Wildman–Crippen MR) is 129 cm³/mol. The van der Waals surface area contributed by atoms with Gasteiger partial charge in [-0.3, -0.25) is 4.79 Å². The number of rotatable bonds is 13. The Labute approximate surface area is 186 Å². The lowest BCUT2D eigenvalue weighted by Gasteiger charge is -2.26. The molecule has 0 saturated carbocycles. The van der Waals surface area contributed by atoms with Crippen molar-refractivity contribution in [2.24, 2.45) is 0 Å². The van der Waals surface area contributed by atoms with E-state index in [0.29, 0.717) is 17.8 Å². The number of benzene rings is 1. The van der Waals surface area contributed by atoms with Crippen LogP contribution in [0.4, 0.5) is 29.2 Å². The lowest BCUT2D eigenvalue weighted by atomic mass is 10.3. The summed E-state index contributed by atoms with van der Waals surface area (Å²) in [5, 5.41) is 6.09. The zero-order valence-electron chi connectivity index (χ0n) is 19.6. The van der Waals surface area contributed by atoms with Gasteiger partial charge >= 0.3 is 0 Å². The number of hydrogen-bond donors (Lipinski definition) is 2. The van der Waals surface area contributed by atoms with Gasteiger partial charge in [-0.1, -0.05) is 27.7 Å². The molecule has 0 aliphatic carbocycles. The third-order valence-corrected chi connectivity index (χ3v) is 4.61. The summed E-state index contributed by atoms with van der Waals surface area (Å²) in [6, 6.07) is 7.52. The molecular formula is C23H37N7O. The summed E-state index contributed by atoms with van der Waals surface area (Å²) in [6.45, 7) is 13.8. The van der Waals surface area contributed by atoms with Crippen LogP contribution in [0, 0.1) is 0 Å². The van der Waals surface area contributed by atoms with Crippen molar-refractivity contribution in [1.82, 2.24) is 15.0 Å². The monoisotopic (exact) mass is 427 g/mol. The molecule has 8 heteroatoms. The Bertz CT molecular complexity index is 764. The second-order valence-corrected chi connectivity index (χ2v) is 7.62. The van der Waals surface area contributed by atoms with E-state index in [1.807, 2.05) is 24.3 Å². The van der Waals surface area contributed by atoms with Crippen molar-refractivity contribution in [1.29, 1.82) is 0 Å². The fraction of sp³-hybridized carbons (Fsp3) is 0.565. The smallest absolute Gasteiger partial charge is 0.233 e. The summed E-state index contributed by atoms with van der Waals surface area (Å²) in [5.74, 6) is 1.86. The van der Waals surface area contributed by atoms with Gasteiger partial charge in [0.15, 0.2) is 0 Å². The third-order valence-electron chi connectivity index (χ3n) is 4.61. The average molecular weight is 428 g/mol. The molecular weight excluding hydrogens is 390 g/mol. The van der Waals surface area contributed by atoms with Crippen LogP contribution in [0.2, 0.25) is 0 Å². The number of anilines is 5. The van der Waals surface area contributed by atoms with Gasteiger partial charge in [-0.2, -0.15) is 15.0 Å². The highest BCUT2D eigenvalue weighted by molar-refractivity contribution is 5.88. The lowest BCUT2D eigenvalue weighted by molar-refractivity contribution is -0.114. The molecule has 0 fully saturated rings. The summed E-state index contributed by atoms with van der Waals surface area (Å²) >= 11 is 0. The molecule has 0 bridgehead atoms. The Morgan fingerprint density at radius 2 is 1.16 bits per heavy atom. The van der Waals surface area contributed by atoms with E-state index in [1.165, 1.54) is 6.92 Å². The van der Waals surface area contributed by atoms with Crippen LogP contribution in [0.15, 0.2) is 24.3 Å². The zero-order valence-corrected chi connectivity index (χ0v) is 19.6. The first-order valence-electron chi connectivity index (χ1n) is 11.4. The lowest BCUT2D eigenvalue weighted by Crippen LogP contribution is -2.31. The molecule has 1 aromatic heterocycles. The number of carbonyl (C=O) groups is 1. The summed E-state index contributed by atoms with van der Waals surface area (Å²) in [6.07, 6.45) is 4.12. The van der Waals surface area contributed by atoms with E-state index in [2.05, 4.69) is 48.1 Å². The van der Waals surface area contributed by atoms with E-state index >= 15 is 0 Å². The minimum atomic E-state index is -0.0914. The molecule has 0 atom stereocenters. The highest BCUT2D eigenvalue weighted by Crippen LogP contribution is 2.22. The van der Waals surface area contributed by atoms with Crippen molar-refractivity contribution in [3.8, 4) is 0 Å². The van der Waals surface area contributed by atoms with E-state index in [-0.39, 0.29) is 5.91 Å². The number of carbonyl (C=O) groups excluding carboxylic acids is 1. The second-order valence-electron chi connectivity index (χ2n) is 7.62. The number of aromatic nitrogens is 3. The number of hydrogen-bond acceptors (Lipinski definition) is 7. The minimum absolute atomic E-state index is 0.0914. The molecule has 0 aliphatic rings. The van der Waals surface area contributed by atoms with Crippen molar-refractivity contribution in [3.05, 3.63) is 24.3 Å². The molecule has 0 saturated heterocycles. The maximum Gasteiger partial charge on any atom is 0.233 e. The van der Waals surface area contributed by atoms with Crippen LogP contribution in [0.1, 0.15) is 60.3 Å². The number of amides is 1. The first-order chi connectivity index (χ1) is 15.0. The fourth-order valence-corrected chi connectivity index (χ4v) is 3.37. The third kappa shape index (κ3) is 7.70. The van der Waals surface area contributed by atoms with Gasteiger partial charge in [-0.15, -0.1) is 0 Å². The van der Waals surface area contributed by atoms with Crippen molar-refractivity contribution < 1.29 is 4.79 Å². The Morgan fingerprint density at radius 3 is 1.55 bits per heavy atom. The highest BCUT2D eigenvalue weighted by Gasteiger charge is 2.16. The SMILES string of the molecule is CCCN(CCC)c1nc(Nc2ccc(NC(C)=O)cc2)nc(N(CCC)CCC)n1. The van der Waals surface area contributed by atoms with Gasteiger partial charge in [0.2, 0.25) is 23.8 Å². The van der Waals surface area contributed by atoms with Gasteiger partial charge in [-0.05, 0) is 49.9 Å². The zero-order chi connectivity index (χ0) is 22.6. The predicted octanol–water partition coefficient (Wildman–Crippen LogP) is 4.83. The molecule has 0 radical (unpaired) electrons. The quantitative estimate of drug-likeness (QED) is 0.473. The standard InChI is InChI=1S/C23H37N7O/c1-6-14-29(15-7-2)22-26-21(27-23(28-22)30(16-8-3)17-9-4)25-20-12-10-19(11-13-20)24-18(5)31/h10-13H,6-9,14-17H2,1-5H3,(H,24,31)(H,25,26,27,28). The largest absolute Gasteiger partial charge is 0.341 e. The topological polar surface area (TPSA) is 86.3 Å². The van der Waals surface area contributed by atoms with Gasteiger partial charge in [0.05, 0.1) is 0 Å². The minimum Gasteiger partial charge on any atom is -0.341 e.